The molecule has 0 aliphatic heterocycles. The number of amides is 1. The van der Waals surface area contributed by atoms with Crippen LogP contribution in [0.1, 0.15) is 38.4 Å². The van der Waals surface area contributed by atoms with Crippen LogP contribution in [-0.2, 0) is 16.8 Å². The Hall–Kier alpha value is -3.13. The normalized spacial score (nSPS) is 22.1. The molecule has 2 aromatic carbocycles. The summed E-state index contributed by atoms with van der Waals surface area (Å²) in [5, 5.41) is 7.63. The van der Waals surface area contributed by atoms with Gasteiger partial charge in [0, 0.05) is 10.6 Å². The maximum atomic E-state index is 12.9. The lowest BCUT2D eigenvalue weighted by molar-refractivity contribution is -0.127. The molecule has 0 saturated heterocycles. The molecule has 1 heterocycles. The van der Waals surface area contributed by atoms with Crippen molar-refractivity contribution in [3.05, 3.63) is 71.1 Å². The van der Waals surface area contributed by atoms with Gasteiger partial charge in [0.1, 0.15) is 17.3 Å². The Labute approximate surface area is 189 Å². The molecule has 1 saturated carbocycles. The van der Waals surface area contributed by atoms with Crippen molar-refractivity contribution in [1.29, 1.82) is 0 Å². The lowest BCUT2D eigenvalue weighted by atomic mass is 9.59. The number of rotatable bonds is 8. The number of hydrogen-bond acceptors (Lipinski definition) is 6. The predicted molar refractivity (Wildman–Crippen MR) is 115 cm³/mol. The highest BCUT2D eigenvalue weighted by molar-refractivity contribution is 6.30. The van der Waals surface area contributed by atoms with Crippen molar-refractivity contribution in [3.63, 3.8) is 0 Å². The summed E-state index contributed by atoms with van der Waals surface area (Å²) in [5.41, 5.74) is -0.752. The fraction of sp³-hybridized carbons (Fsp3) is 0.348. The van der Waals surface area contributed by atoms with E-state index in [9.17, 15) is 9.18 Å². The molecule has 0 unspecified atom stereocenters. The van der Waals surface area contributed by atoms with E-state index in [4.69, 9.17) is 25.6 Å². The third kappa shape index (κ3) is 5.19. The zero-order valence-corrected chi connectivity index (χ0v) is 18.5. The largest absolute Gasteiger partial charge is 0.485 e. The van der Waals surface area contributed by atoms with Crippen LogP contribution in [0.2, 0.25) is 5.02 Å². The van der Waals surface area contributed by atoms with Gasteiger partial charge in [-0.1, -0.05) is 23.7 Å². The molecule has 9 heteroatoms. The molecule has 7 nitrogen and oxygen atoms in total. The first kappa shape index (κ1) is 22.1. The van der Waals surface area contributed by atoms with E-state index in [0.29, 0.717) is 41.1 Å². The van der Waals surface area contributed by atoms with Crippen LogP contribution in [0.3, 0.4) is 0 Å². The minimum absolute atomic E-state index is 0.148. The fourth-order valence-electron chi connectivity index (χ4n) is 4.20. The summed E-state index contributed by atoms with van der Waals surface area (Å²) < 4.78 is 29.5. The highest BCUT2D eigenvalue weighted by Crippen LogP contribution is 2.49. The van der Waals surface area contributed by atoms with Crippen LogP contribution < -0.4 is 14.8 Å². The van der Waals surface area contributed by atoms with E-state index in [1.54, 1.807) is 24.3 Å². The number of carbonyl (C=O) groups excluding carboxylic acids is 1. The highest BCUT2D eigenvalue weighted by Gasteiger charge is 2.53. The minimum Gasteiger partial charge on any atom is -0.485 e. The van der Waals surface area contributed by atoms with Gasteiger partial charge in [0.15, 0.2) is 13.2 Å². The number of carbonyl (C=O) groups is 1. The maximum Gasteiger partial charge on any atom is 0.258 e. The first-order valence-electron chi connectivity index (χ1n) is 10.1. The van der Waals surface area contributed by atoms with Crippen LogP contribution in [0.15, 0.2) is 53.1 Å². The minimum atomic E-state index is -0.410. The van der Waals surface area contributed by atoms with Crippen molar-refractivity contribution in [2.75, 3.05) is 6.61 Å². The smallest absolute Gasteiger partial charge is 0.258 e. The molecular formula is C23H23ClFN3O4. The Bertz CT molecular complexity index is 1080. The molecule has 4 rings (SSSR count). The number of aromatic nitrogens is 2. The van der Waals surface area contributed by atoms with Gasteiger partial charge < -0.3 is 19.3 Å². The molecule has 3 aromatic rings. The average Bonchev–Trinajstić information content (AvgIpc) is 3.21. The van der Waals surface area contributed by atoms with Crippen molar-refractivity contribution in [1.82, 2.24) is 15.5 Å². The van der Waals surface area contributed by atoms with Gasteiger partial charge in [0.25, 0.3) is 5.91 Å². The number of hydrogen-bond donors (Lipinski definition) is 1. The van der Waals surface area contributed by atoms with Crippen LogP contribution in [0.4, 0.5) is 4.39 Å². The predicted octanol–water partition coefficient (Wildman–Crippen LogP) is 4.45. The Morgan fingerprint density at radius 1 is 1.09 bits per heavy atom. The summed E-state index contributed by atoms with van der Waals surface area (Å²) in [4.78, 5) is 16.8. The van der Waals surface area contributed by atoms with Gasteiger partial charge >= 0.3 is 0 Å². The zero-order chi connectivity index (χ0) is 22.8. The number of nitrogens with zero attached hydrogens (tertiary/aromatic N) is 2. The SMILES string of the molecule is CC1(NC(=O)COc2ccc(F)cc2)CC(C)(c2nc(COc3ccc(Cl)cc3)no2)C1. The van der Waals surface area contributed by atoms with Crippen molar-refractivity contribution < 1.29 is 23.2 Å². The van der Waals surface area contributed by atoms with Crippen molar-refractivity contribution in [2.24, 2.45) is 0 Å². The highest BCUT2D eigenvalue weighted by atomic mass is 35.5. The van der Waals surface area contributed by atoms with Gasteiger partial charge in [-0.25, -0.2) is 4.39 Å². The van der Waals surface area contributed by atoms with E-state index in [2.05, 4.69) is 15.5 Å². The molecule has 32 heavy (non-hydrogen) atoms. The molecular weight excluding hydrogens is 437 g/mol. The van der Waals surface area contributed by atoms with Gasteiger partial charge in [0.05, 0.1) is 5.41 Å². The molecule has 0 atom stereocenters. The molecule has 1 amide bonds. The number of halogens is 2. The molecule has 1 aliphatic rings. The summed E-state index contributed by atoms with van der Waals surface area (Å²) in [5.74, 6) is 1.45. The number of ether oxygens (including phenoxy) is 2. The summed E-state index contributed by atoms with van der Waals surface area (Å²) >= 11 is 5.87. The van der Waals surface area contributed by atoms with E-state index < -0.39 is 5.54 Å². The van der Waals surface area contributed by atoms with Gasteiger partial charge in [0.2, 0.25) is 11.7 Å². The van der Waals surface area contributed by atoms with E-state index >= 15 is 0 Å². The Morgan fingerprint density at radius 3 is 2.41 bits per heavy atom. The second-order valence-corrected chi connectivity index (χ2v) is 8.96. The fourth-order valence-corrected chi connectivity index (χ4v) is 4.32. The van der Waals surface area contributed by atoms with E-state index in [1.807, 2.05) is 13.8 Å². The molecule has 0 spiro atoms. The molecule has 1 aliphatic carbocycles. The lowest BCUT2D eigenvalue weighted by Crippen LogP contribution is -2.61. The van der Waals surface area contributed by atoms with Gasteiger partial charge in [-0.15, -0.1) is 0 Å². The summed E-state index contributed by atoms with van der Waals surface area (Å²) in [7, 11) is 0. The lowest BCUT2D eigenvalue weighted by Gasteiger charge is -2.51. The van der Waals surface area contributed by atoms with Crippen molar-refractivity contribution >= 4 is 17.5 Å². The van der Waals surface area contributed by atoms with Crippen molar-refractivity contribution in [2.45, 2.75) is 44.2 Å². The molecule has 0 bridgehead atoms. The zero-order valence-electron chi connectivity index (χ0n) is 17.7. The third-order valence-electron chi connectivity index (χ3n) is 5.35. The number of nitrogens with one attached hydrogen (secondary N) is 1. The van der Waals surface area contributed by atoms with Gasteiger partial charge in [-0.2, -0.15) is 4.98 Å². The van der Waals surface area contributed by atoms with Crippen LogP contribution in [-0.4, -0.2) is 28.2 Å². The van der Waals surface area contributed by atoms with E-state index in [1.165, 1.54) is 24.3 Å². The summed E-state index contributed by atoms with van der Waals surface area (Å²) in [6.45, 7) is 4.01. The molecule has 1 aromatic heterocycles. The molecule has 168 valence electrons. The van der Waals surface area contributed by atoms with Crippen LogP contribution in [0.25, 0.3) is 0 Å². The second kappa shape index (κ2) is 8.78. The monoisotopic (exact) mass is 459 g/mol. The number of benzene rings is 2. The average molecular weight is 460 g/mol. The first-order chi connectivity index (χ1) is 15.2. The van der Waals surface area contributed by atoms with Gasteiger partial charge in [-0.05, 0) is 68.3 Å². The molecule has 0 radical (unpaired) electrons. The first-order valence-corrected chi connectivity index (χ1v) is 10.5. The third-order valence-corrected chi connectivity index (χ3v) is 5.60. The van der Waals surface area contributed by atoms with E-state index in [0.717, 1.165) is 0 Å². The Kier molecular flexibility index (Phi) is 6.06. The Balaban J connectivity index is 1.26. The standard InChI is InChI=1S/C23H23ClFN3O4/c1-22(21-26-19(28-32-21)11-30-17-7-3-15(24)4-8-17)13-23(2,14-22)27-20(29)12-31-18-9-5-16(25)6-10-18/h3-10H,11-14H2,1-2H3,(H,27,29). The molecule has 1 N–H and O–H groups in total. The maximum absolute atomic E-state index is 12.9. The van der Waals surface area contributed by atoms with Crippen LogP contribution >= 0.6 is 11.6 Å². The van der Waals surface area contributed by atoms with E-state index in [-0.39, 0.29) is 30.4 Å². The quantitative estimate of drug-likeness (QED) is 0.535. The summed E-state index contributed by atoms with van der Waals surface area (Å²) in [6.07, 6.45) is 1.28. The van der Waals surface area contributed by atoms with Crippen molar-refractivity contribution in [3.8, 4) is 11.5 Å². The second-order valence-electron chi connectivity index (χ2n) is 8.52. The summed E-state index contributed by atoms with van der Waals surface area (Å²) in [6, 6.07) is 12.6. The van der Waals surface area contributed by atoms with Crippen LogP contribution in [0.5, 0.6) is 11.5 Å². The topological polar surface area (TPSA) is 86.5 Å². The van der Waals surface area contributed by atoms with Crippen LogP contribution in [0, 0.1) is 5.82 Å². The Morgan fingerprint density at radius 2 is 1.72 bits per heavy atom. The van der Waals surface area contributed by atoms with Gasteiger partial charge in [-0.3, -0.25) is 4.79 Å². The molecule has 1 fully saturated rings.